The molecule has 17 heavy (non-hydrogen) atoms. The van der Waals surface area contributed by atoms with E-state index in [4.69, 9.17) is 10.0 Å². The first-order valence-electron chi connectivity index (χ1n) is 3.59. The topological polar surface area (TPSA) is 110 Å². The van der Waals surface area contributed by atoms with Crippen LogP contribution in [0.25, 0.3) is 0 Å². The highest BCUT2D eigenvalue weighted by atomic mass is 19.4. The lowest BCUT2D eigenvalue weighted by Crippen LogP contribution is -2.38. The number of halogens is 4. The fraction of sp³-hybridized carbons (Fsp3) is 0.400. The fourth-order valence-corrected chi connectivity index (χ4v) is 0.462. The summed E-state index contributed by atoms with van der Waals surface area (Å²) in [5.74, 6) is -7.18. The smallest absolute Gasteiger partial charge is 0.476 e. The summed E-state index contributed by atoms with van der Waals surface area (Å²) in [7, 11) is -2.74. The van der Waals surface area contributed by atoms with E-state index in [-0.39, 0.29) is 0 Å². The minimum Gasteiger partial charge on any atom is -0.476 e. The molecule has 0 rings (SSSR count). The van der Waals surface area contributed by atoms with Gasteiger partial charge in [0.1, 0.15) is 0 Å². The Morgan fingerprint density at radius 3 is 1.94 bits per heavy atom. The molecule has 0 fully saturated rings. The Bertz CT molecular complexity index is 327. The minimum absolute atomic E-state index is 2.18. The van der Waals surface area contributed by atoms with E-state index in [1.807, 2.05) is 0 Å². The van der Waals surface area contributed by atoms with Gasteiger partial charge in [-0.3, -0.25) is 0 Å². The second-order valence-electron chi connectivity index (χ2n) is 2.34. The van der Waals surface area contributed by atoms with Crippen LogP contribution in [0.4, 0.5) is 17.6 Å². The summed E-state index contributed by atoms with van der Waals surface area (Å²) in [5, 5.41) is 16.0. The Morgan fingerprint density at radius 2 is 1.59 bits per heavy atom. The zero-order valence-electron chi connectivity index (χ0n) is 7.60. The van der Waals surface area contributed by atoms with Crippen LogP contribution in [-0.4, -0.2) is 47.6 Å². The standard InChI is InChI=1S/C5H3BF4O7/c7-1(5(8,9)10)2(11)16-3(12)4(13)17-6(14)15/h1,14-15H. The molecule has 0 aliphatic carbocycles. The molecule has 0 spiro atoms. The van der Waals surface area contributed by atoms with Crippen LogP contribution in [0.2, 0.25) is 0 Å². The average molecular weight is 262 g/mol. The van der Waals surface area contributed by atoms with Crippen molar-refractivity contribution < 1.29 is 51.4 Å². The van der Waals surface area contributed by atoms with E-state index in [9.17, 15) is 31.9 Å². The van der Waals surface area contributed by atoms with Crippen molar-refractivity contribution in [1.29, 1.82) is 0 Å². The maximum absolute atomic E-state index is 12.2. The number of ether oxygens (including phenoxy) is 1. The molecule has 96 valence electrons. The van der Waals surface area contributed by atoms with Gasteiger partial charge in [0.15, 0.2) is 0 Å². The highest BCUT2D eigenvalue weighted by molar-refractivity contribution is 6.43. The lowest BCUT2D eigenvalue weighted by molar-refractivity contribution is -0.203. The van der Waals surface area contributed by atoms with Crippen LogP contribution >= 0.6 is 0 Å². The first kappa shape index (κ1) is 15.3. The third kappa shape index (κ3) is 5.26. The zero-order valence-corrected chi connectivity index (χ0v) is 7.60. The second kappa shape index (κ2) is 5.59. The molecule has 0 amide bonds. The molecule has 1 unspecified atom stereocenters. The van der Waals surface area contributed by atoms with Crippen molar-refractivity contribution in [3.05, 3.63) is 0 Å². The summed E-state index contributed by atoms with van der Waals surface area (Å²) in [4.78, 5) is 31.2. The number of esters is 2. The maximum atomic E-state index is 12.2. The van der Waals surface area contributed by atoms with Crippen molar-refractivity contribution in [2.24, 2.45) is 0 Å². The molecule has 1 atom stereocenters. The zero-order chi connectivity index (χ0) is 13.8. The SMILES string of the molecule is O=C(OB(O)O)C(=O)OC(=O)C(F)C(F)(F)F. The predicted molar refractivity (Wildman–Crippen MR) is 38.3 cm³/mol. The highest BCUT2D eigenvalue weighted by Gasteiger charge is 2.48. The Labute approximate surface area is 90.1 Å². The molecular formula is C5H3BF4O7. The van der Waals surface area contributed by atoms with Crippen LogP contribution in [0.3, 0.4) is 0 Å². The molecule has 12 heteroatoms. The van der Waals surface area contributed by atoms with Gasteiger partial charge in [0.25, 0.3) is 6.17 Å². The fourth-order valence-electron chi connectivity index (χ4n) is 0.462. The van der Waals surface area contributed by atoms with Crippen molar-refractivity contribution in [2.75, 3.05) is 0 Å². The van der Waals surface area contributed by atoms with E-state index in [0.717, 1.165) is 0 Å². The van der Waals surface area contributed by atoms with Gasteiger partial charge in [-0.25, -0.2) is 18.8 Å². The minimum atomic E-state index is -5.60. The van der Waals surface area contributed by atoms with Gasteiger partial charge in [0.05, 0.1) is 0 Å². The summed E-state index contributed by atoms with van der Waals surface area (Å²) in [5.41, 5.74) is 0. The normalized spacial score (nSPS) is 12.6. The van der Waals surface area contributed by atoms with Crippen LogP contribution in [0.15, 0.2) is 0 Å². The van der Waals surface area contributed by atoms with E-state index < -0.39 is 37.6 Å². The summed E-state index contributed by atoms with van der Waals surface area (Å²) < 4.78 is 53.4. The molecule has 0 aromatic rings. The number of alkyl halides is 4. The largest absolute Gasteiger partial charge is 0.709 e. The molecule has 0 aromatic carbocycles. The van der Waals surface area contributed by atoms with E-state index in [1.165, 1.54) is 0 Å². The van der Waals surface area contributed by atoms with Gasteiger partial charge in [0, 0.05) is 0 Å². The Morgan fingerprint density at radius 1 is 1.12 bits per heavy atom. The number of hydrogen-bond acceptors (Lipinski definition) is 7. The number of carbonyl (C=O) groups is 3. The van der Waals surface area contributed by atoms with Crippen LogP contribution in [-0.2, 0) is 23.8 Å². The van der Waals surface area contributed by atoms with Crippen molar-refractivity contribution in [2.45, 2.75) is 12.3 Å². The van der Waals surface area contributed by atoms with Crippen LogP contribution in [0.5, 0.6) is 0 Å². The third-order valence-corrected chi connectivity index (χ3v) is 1.07. The first-order chi connectivity index (χ1) is 7.55. The summed E-state index contributed by atoms with van der Waals surface area (Å²) in [6.45, 7) is 0. The van der Waals surface area contributed by atoms with Gasteiger partial charge in [-0.1, -0.05) is 0 Å². The van der Waals surface area contributed by atoms with Gasteiger partial charge in [-0.05, 0) is 0 Å². The summed E-state index contributed by atoms with van der Waals surface area (Å²) in [6, 6.07) is 0. The summed E-state index contributed by atoms with van der Waals surface area (Å²) >= 11 is 0. The molecule has 7 nitrogen and oxygen atoms in total. The number of hydrogen-bond donors (Lipinski definition) is 2. The van der Waals surface area contributed by atoms with Gasteiger partial charge >= 0.3 is 31.4 Å². The molecule has 0 aliphatic rings. The highest BCUT2D eigenvalue weighted by Crippen LogP contribution is 2.23. The van der Waals surface area contributed by atoms with E-state index >= 15 is 0 Å². The van der Waals surface area contributed by atoms with Crippen molar-refractivity contribution in [1.82, 2.24) is 0 Å². The molecule has 0 heterocycles. The first-order valence-corrected chi connectivity index (χ1v) is 3.59. The molecule has 0 radical (unpaired) electrons. The average Bonchev–Trinajstić information content (AvgIpc) is 2.13. The van der Waals surface area contributed by atoms with E-state index in [2.05, 4.69) is 9.39 Å². The summed E-state index contributed by atoms with van der Waals surface area (Å²) in [6.07, 6.45) is -9.71. The van der Waals surface area contributed by atoms with Gasteiger partial charge in [-0.15, -0.1) is 0 Å². The Balaban J connectivity index is 4.41. The monoisotopic (exact) mass is 262 g/mol. The van der Waals surface area contributed by atoms with Crippen LogP contribution < -0.4 is 0 Å². The predicted octanol–water partition coefficient (Wildman–Crippen LogP) is -1.53. The van der Waals surface area contributed by atoms with Gasteiger partial charge in [-0.2, -0.15) is 13.2 Å². The van der Waals surface area contributed by atoms with Crippen LogP contribution in [0, 0.1) is 0 Å². The van der Waals surface area contributed by atoms with Crippen LogP contribution in [0.1, 0.15) is 0 Å². The molecule has 2 N–H and O–H groups in total. The van der Waals surface area contributed by atoms with E-state index in [1.54, 1.807) is 0 Å². The van der Waals surface area contributed by atoms with Gasteiger partial charge < -0.3 is 19.4 Å². The van der Waals surface area contributed by atoms with Crippen molar-refractivity contribution in [3.63, 3.8) is 0 Å². The van der Waals surface area contributed by atoms with Crippen molar-refractivity contribution >= 4 is 25.2 Å². The molecular weight excluding hydrogens is 259 g/mol. The number of carbonyl (C=O) groups excluding carboxylic acids is 3. The van der Waals surface area contributed by atoms with E-state index in [0.29, 0.717) is 0 Å². The maximum Gasteiger partial charge on any atom is 0.709 e. The lowest BCUT2D eigenvalue weighted by Gasteiger charge is -2.10. The third-order valence-electron chi connectivity index (χ3n) is 1.07. The van der Waals surface area contributed by atoms with Crippen molar-refractivity contribution in [3.8, 4) is 0 Å². The lowest BCUT2D eigenvalue weighted by atomic mass is 10.3. The quantitative estimate of drug-likeness (QED) is 0.204. The number of rotatable bonds is 2. The Kier molecular flexibility index (Phi) is 5.03. The molecule has 0 aromatic heterocycles. The Hall–Kier alpha value is -1.69. The molecule has 0 saturated heterocycles. The molecule has 0 bridgehead atoms. The van der Waals surface area contributed by atoms with Gasteiger partial charge in [0.2, 0.25) is 0 Å². The molecule has 0 saturated carbocycles. The second-order valence-corrected chi connectivity index (χ2v) is 2.34. The molecule has 0 aliphatic heterocycles.